The van der Waals surface area contributed by atoms with Crippen LogP contribution in [0.15, 0.2) is 42.5 Å². The molecule has 0 radical (unpaired) electrons. The van der Waals surface area contributed by atoms with Crippen molar-refractivity contribution in [2.45, 2.75) is 19.3 Å². The second-order valence-corrected chi connectivity index (χ2v) is 4.17. The molecule has 0 amide bonds. The molecule has 0 saturated heterocycles. The number of rotatable bonds is 5. The largest absolute Gasteiger partial charge is 0.396 e. The molecular weight excluding hydrogens is 396 g/mol. The average molecular weight is 412 g/mol. The van der Waals surface area contributed by atoms with Gasteiger partial charge in [-0.3, -0.25) is 4.79 Å². The average Bonchev–Trinajstić information content (AvgIpc) is 2.38. The second-order valence-electron chi connectivity index (χ2n) is 4.17. The zero-order valence-corrected chi connectivity index (χ0v) is 13.1. The summed E-state index contributed by atoms with van der Waals surface area (Å²) >= 11 is 0. The normalized spacial score (nSPS) is 10.1. The molecule has 0 aliphatic rings. The third-order valence-corrected chi connectivity index (χ3v) is 2.88. The third kappa shape index (κ3) is 3.76. The van der Waals surface area contributed by atoms with Crippen molar-refractivity contribution in [1.82, 2.24) is 0 Å². The molecule has 0 aliphatic carbocycles. The Morgan fingerprint density at radius 3 is 2.44 bits per heavy atom. The standard InChI is InChI=1S/C15H16O2.W/c16-10-4-3-7-15(17)14-9-8-12-5-1-2-6-13(12)11-14;/h1-2,5-6,8-9,11,16H,3-4,7,10H2;. The van der Waals surface area contributed by atoms with Crippen LogP contribution in [0.3, 0.4) is 0 Å². The minimum Gasteiger partial charge on any atom is -0.396 e. The Kier molecular flexibility index (Phi) is 6.24. The van der Waals surface area contributed by atoms with Crippen LogP contribution in [0.25, 0.3) is 10.8 Å². The molecule has 0 saturated carbocycles. The van der Waals surface area contributed by atoms with Crippen LogP contribution in [-0.4, -0.2) is 17.5 Å². The number of benzene rings is 2. The summed E-state index contributed by atoms with van der Waals surface area (Å²) in [6.45, 7) is 0.158. The van der Waals surface area contributed by atoms with E-state index in [1.165, 1.54) is 0 Å². The zero-order valence-electron chi connectivity index (χ0n) is 10.1. The molecule has 1 N–H and O–H groups in total. The molecule has 0 spiro atoms. The van der Waals surface area contributed by atoms with Gasteiger partial charge in [0.2, 0.25) is 0 Å². The maximum Gasteiger partial charge on any atom is 0.162 e. The number of carbonyl (C=O) groups excluding carboxylic acids is 1. The number of ketones is 1. The number of hydrogen-bond donors (Lipinski definition) is 1. The van der Waals surface area contributed by atoms with Gasteiger partial charge in [0, 0.05) is 39.7 Å². The van der Waals surface area contributed by atoms with Crippen LogP contribution in [0, 0.1) is 0 Å². The Balaban J connectivity index is 0.00000162. The van der Waals surface area contributed by atoms with E-state index < -0.39 is 0 Å². The van der Waals surface area contributed by atoms with Crippen LogP contribution in [0.4, 0.5) is 0 Å². The molecule has 18 heavy (non-hydrogen) atoms. The zero-order chi connectivity index (χ0) is 12.1. The summed E-state index contributed by atoms with van der Waals surface area (Å²) in [6.07, 6.45) is 1.96. The molecule has 94 valence electrons. The van der Waals surface area contributed by atoms with Crippen molar-refractivity contribution in [3.8, 4) is 0 Å². The van der Waals surface area contributed by atoms with E-state index in [2.05, 4.69) is 0 Å². The quantitative estimate of drug-likeness (QED) is 0.606. The summed E-state index contributed by atoms with van der Waals surface area (Å²) in [5.74, 6) is 0.157. The van der Waals surface area contributed by atoms with Gasteiger partial charge in [-0.1, -0.05) is 36.4 Å². The molecule has 0 bridgehead atoms. The minimum absolute atomic E-state index is 0. The van der Waals surface area contributed by atoms with Gasteiger partial charge in [-0.25, -0.2) is 0 Å². The Hall–Kier alpha value is -0.982. The summed E-state index contributed by atoms with van der Waals surface area (Å²) in [5.41, 5.74) is 0.765. The summed E-state index contributed by atoms with van der Waals surface area (Å²) in [7, 11) is 0. The Morgan fingerprint density at radius 2 is 1.72 bits per heavy atom. The van der Waals surface area contributed by atoms with Crippen LogP contribution in [0.5, 0.6) is 0 Å². The van der Waals surface area contributed by atoms with Crippen molar-refractivity contribution >= 4 is 16.6 Å². The molecule has 2 rings (SSSR count). The van der Waals surface area contributed by atoms with Crippen molar-refractivity contribution in [3.63, 3.8) is 0 Å². The van der Waals surface area contributed by atoms with Crippen molar-refractivity contribution < 1.29 is 31.0 Å². The fourth-order valence-corrected chi connectivity index (χ4v) is 1.90. The Morgan fingerprint density at radius 1 is 1.00 bits per heavy atom. The van der Waals surface area contributed by atoms with Gasteiger partial charge in [-0.2, -0.15) is 0 Å². The molecule has 0 aromatic heterocycles. The van der Waals surface area contributed by atoms with E-state index in [9.17, 15) is 4.79 Å². The number of aliphatic hydroxyl groups is 1. The number of aliphatic hydroxyl groups excluding tert-OH is 1. The summed E-state index contributed by atoms with van der Waals surface area (Å²) < 4.78 is 0. The topological polar surface area (TPSA) is 37.3 Å². The number of unbranched alkanes of at least 4 members (excludes halogenated alkanes) is 1. The molecule has 0 heterocycles. The van der Waals surface area contributed by atoms with Gasteiger partial charge in [-0.15, -0.1) is 0 Å². The Labute approximate surface area is 121 Å². The van der Waals surface area contributed by atoms with Gasteiger partial charge in [0.05, 0.1) is 0 Å². The van der Waals surface area contributed by atoms with E-state index >= 15 is 0 Å². The first-order valence-electron chi connectivity index (χ1n) is 5.94. The number of carbonyl (C=O) groups is 1. The molecule has 0 unspecified atom stereocenters. The fraction of sp³-hybridized carbons (Fsp3) is 0.267. The Bertz CT molecular complexity index is 523. The predicted molar refractivity (Wildman–Crippen MR) is 69.2 cm³/mol. The van der Waals surface area contributed by atoms with Crippen LogP contribution in [0.1, 0.15) is 29.6 Å². The predicted octanol–water partition coefficient (Wildman–Crippen LogP) is 3.18. The van der Waals surface area contributed by atoms with E-state index in [4.69, 9.17) is 5.11 Å². The van der Waals surface area contributed by atoms with Gasteiger partial charge in [0.25, 0.3) is 0 Å². The molecule has 2 aromatic carbocycles. The van der Waals surface area contributed by atoms with Gasteiger partial charge < -0.3 is 5.11 Å². The van der Waals surface area contributed by atoms with Crippen molar-refractivity contribution in [2.24, 2.45) is 0 Å². The molecule has 3 heteroatoms. The van der Waals surface area contributed by atoms with Crippen molar-refractivity contribution in [3.05, 3.63) is 48.0 Å². The summed E-state index contributed by atoms with van der Waals surface area (Å²) in [6, 6.07) is 13.8. The minimum atomic E-state index is 0. The van der Waals surface area contributed by atoms with Gasteiger partial charge in [-0.05, 0) is 29.7 Å². The van der Waals surface area contributed by atoms with Crippen molar-refractivity contribution in [1.29, 1.82) is 0 Å². The SMILES string of the molecule is O=C(CCCCO)c1ccc2ccccc2c1.[W]. The van der Waals surface area contributed by atoms with E-state index in [0.717, 1.165) is 22.8 Å². The summed E-state index contributed by atoms with van der Waals surface area (Å²) in [4.78, 5) is 11.9. The molecule has 0 aliphatic heterocycles. The maximum absolute atomic E-state index is 11.9. The first-order valence-corrected chi connectivity index (χ1v) is 5.94. The van der Waals surface area contributed by atoms with Gasteiger partial charge in [0.1, 0.15) is 0 Å². The van der Waals surface area contributed by atoms with Crippen molar-refractivity contribution in [2.75, 3.05) is 6.61 Å². The van der Waals surface area contributed by atoms with E-state index in [-0.39, 0.29) is 33.5 Å². The number of hydrogen-bond acceptors (Lipinski definition) is 2. The van der Waals surface area contributed by atoms with E-state index in [0.29, 0.717) is 12.8 Å². The monoisotopic (exact) mass is 412 g/mol. The first kappa shape index (κ1) is 15.1. The van der Waals surface area contributed by atoms with Crippen LogP contribution >= 0.6 is 0 Å². The molecule has 0 fully saturated rings. The summed E-state index contributed by atoms with van der Waals surface area (Å²) in [5, 5.41) is 10.9. The van der Waals surface area contributed by atoms with Crippen LogP contribution in [0.2, 0.25) is 0 Å². The van der Waals surface area contributed by atoms with Crippen LogP contribution in [-0.2, 0) is 21.1 Å². The molecule has 2 nitrogen and oxygen atoms in total. The molecule has 2 aromatic rings. The van der Waals surface area contributed by atoms with E-state index in [1.807, 2.05) is 42.5 Å². The smallest absolute Gasteiger partial charge is 0.162 e. The molecular formula is C15H16O2W. The number of fused-ring (bicyclic) bond motifs is 1. The van der Waals surface area contributed by atoms with Crippen LogP contribution < -0.4 is 0 Å². The van der Waals surface area contributed by atoms with E-state index in [1.54, 1.807) is 0 Å². The van der Waals surface area contributed by atoms with Gasteiger partial charge >= 0.3 is 0 Å². The third-order valence-electron chi connectivity index (χ3n) is 2.88. The second kappa shape index (κ2) is 7.45. The number of Topliss-reactive ketones (excluding diaryl/α,β-unsaturated/α-hetero) is 1. The maximum atomic E-state index is 11.9. The first-order chi connectivity index (χ1) is 8.31. The fourth-order valence-electron chi connectivity index (χ4n) is 1.90. The molecule has 0 atom stereocenters. The van der Waals surface area contributed by atoms with Gasteiger partial charge in [0.15, 0.2) is 5.78 Å².